The van der Waals surface area contributed by atoms with Crippen LogP contribution in [0, 0.1) is 5.92 Å². The van der Waals surface area contributed by atoms with E-state index in [1.54, 1.807) is 18.2 Å². The highest BCUT2D eigenvalue weighted by Gasteiger charge is 2.20. The molecule has 2 rings (SSSR count). The van der Waals surface area contributed by atoms with Crippen LogP contribution in [0.3, 0.4) is 0 Å². The SMILES string of the molecule is Nc1ccc(/C=C/C(=O)OCCC2CC2)cc1. The van der Waals surface area contributed by atoms with Gasteiger partial charge in [0.15, 0.2) is 0 Å². The van der Waals surface area contributed by atoms with Gasteiger partial charge in [-0.05, 0) is 36.1 Å². The Bertz CT molecular complexity index is 405. The number of hydrogen-bond donors (Lipinski definition) is 1. The molecule has 1 fully saturated rings. The van der Waals surface area contributed by atoms with Crippen molar-refractivity contribution in [2.75, 3.05) is 12.3 Å². The lowest BCUT2D eigenvalue weighted by Crippen LogP contribution is -2.02. The van der Waals surface area contributed by atoms with E-state index in [0.29, 0.717) is 12.3 Å². The first-order valence-electron chi connectivity index (χ1n) is 5.94. The van der Waals surface area contributed by atoms with Crippen molar-refractivity contribution in [2.45, 2.75) is 19.3 Å². The second kappa shape index (κ2) is 5.53. The van der Waals surface area contributed by atoms with Crippen LogP contribution in [0.2, 0.25) is 0 Å². The van der Waals surface area contributed by atoms with Crippen LogP contribution in [-0.2, 0) is 9.53 Å². The molecule has 0 saturated heterocycles. The Balaban J connectivity index is 1.74. The third kappa shape index (κ3) is 4.31. The Morgan fingerprint density at radius 3 is 2.71 bits per heavy atom. The highest BCUT2D eigenvalue weighted by molar-refractivity contribution is 5.87. The number of ether oxygens (including phenoxy) is 1. The van der Waals surface area contributed by atoms with Crippen LogP contribution < -0.4 is 5.73 Å². The van der Waals surface area contributed by atoms with Crippen LogP contribution in [-0.4, -0.2) is 12.6 Å². The van der Waals surface area contributed by atoms with E-state index in [1.165, 1.54) is 18.9 Å². The molecule has 0 heterocycles. The first kappa shape index (κ1) is 11.7. The second-order valence-electron chi connectivity index (χ2n) is 4.40. The predicted octanol–water partition coefficient (Wildman–Crippen LogP) is 2.63. The van der Waals surface area contributed by atoms with Gasteiger partial charge in [-0.2, -0.15) is 0 Å². The zero-order valence-electron chi connectivity index (χ0n) is 9.76. The molecule has 90 valence electrons. The fourth-order valence-corrected chi connectivity index (χ4v) is 1.55. The normalized spacial score (nSPS) is 15.1. The molecule has 3 nitrogen and oxygen atoms in total. The summed E-state index contributed by atoms with van der Waals surface area (Å²) in [4.78, 5) is 11.4. The first-order valence-corrected chi connectivity index (χ1v) is 5.94. The van der Waals surface area contributed by atoms with Gasteiger partial charge in [-0.15, -0.1) is 0 Å². The predicted molar refractivity (Wildman–Crippen MR) is 68.2 cm³/mol. The molecule has 2 N–H and O–H groups in total. The van der Waals surface area contributed by atoms with Crippen LogP contribution in [0.25, 0.3) is 6.08 Å². The van der Waals surface area contributed by atoms with E-state index in [-0.39, 0.29) is 5.97 Å². The summed E-state index contributed by atoms with van der Waals surface area (Å²) in [6.45, 7) is 0.537. The third-order valence-electron chi connectivity index (χ3n) is 2.82. The lowest BCUT2D eigenvalue weighted by Gasteiger charge is -2.00. The van der Waals surface area contributed by atoms with Gasteiger partial charge in [0.2, 0.25) is 0 Å². The van der Waals surface area contributed by atoms with Crippen LogP contribution in [0.1, 0.15) is 24.8 Å². The van der Waals surface area contributed by atoms with E-state index in [9.17, 15) is 4.79 Å². The highest BCUT2D eigenvalue weighted by Crippen LogP contribution is 2.32. The summed E-state index contributed by atoms with van der Waals surface area (Å²) >= 11 is 0. The maximum Gasteiger partial charge on any atom is 0.330 e. The van der Waals surface area contributed by atoms with Gasteiger partial charge in [0.1, 0.15) is 0 Å². The lowest BCUT2D eigenvalue weighted by atomic mass is 10.2. The maximum absolute atomic E-state index is 11.4. The van der Waals surface area contributed by atoms with Crippen molar-refractivity contribution in [3.63, 3.8) is 0 Å². The van der Waals surface area contributed by atoms with Gasteiger partial charge < -0.3 is 10.5 Å². The molecule has 0 spiro atoms. The smallest absolute Gasteiger partial charge is 0.330 e. The van der Waals surface area contributed by atoms with Gasteiger partial charge in [-0.25, -0.2) is 4.79 Å². The number of carbonyl (C=O) groups excluding carboxylic acids is 1. The van der Waals surface area contributed by atoms with Gasteiger partial charge in [0.05, 0.1) is 6.61 Å². The van der Waals surface area contributed by atoms with E-state index < -0.39 is 0 Å². The summed E-state index contributed by atoms with van der Waals surface area (Å²) in [6, 6.07) is 7.34. The molecule has 1 aromatic rings. The molecule has 0 atom stereocenters. The molecule has 1 aliphatic carbocycles. The number of nitrogen functional groups attached to an aromatic ring is 1. The monoisotopic (exact) mass is 231 g/mol. The van der Waals surface area contributed by atoms with Crippen molar-refractivity contribution >= 4 is 17.7 Å². The topological polar surface area (TPSA) is 52.3 Å². The molecule has 1 saturated carbocycles. The zero-order valence-corrected chi connectivity index (χ0v) is 9.76. The summed E-state index contributed by atoms with van der Waals surface area (Å²) in [5.41, 5.74) is 7.23. The molecule has 0 bridgehead atoms. The summed E-state index contributed by atoms with van der Waals surface area (Å²) < 4.78 is 5.09. The number of nitrogens with two attached hydrogens (primary N) is 1. The number of rotatable bonds is 5. The molecular formula is C14H17NO2. The van der Waals surface area contributed by atoms with E-state index >= 15 is 0 Å². The molecule has 17 heavy (non-hydrogen) atoms. The average Bonchev–Trinajstić information content (AvgIpc) is 3.12. The Morgan fingerprint density at radius 1 is 1.35 bits per heavy atom. The van der Waals surface area contributed by atoms with E-state index in [2.05, 4.69) is 0 Å². The maximum atomic E-state index is 11.4. The molecule has 0 radical (unpaired) electrons. The first-order chi connectivity index (χ1) is 8.24. The van der Waals surface area contributed by atoms with Gasteiger partial charge in [-0.3, -0.25) is 0 Å². The van der Waals surface area contributed by atoms with Crippen LogP contribution in [0.5, 0.6) is 0 Å². The summed E-state index contributed by atoms with van der Waals surface area (Å²) in [5.74, 6) is 0.520. The second-order valence-corrected chi connectivity index (χ2v) is 4.40. The lowest BCUT2D eigenvalue weighted by molar-refractivity contribution is -0.137. The number of anilines is 1. The van der Waals surface area contributed by atoms with E-state index in [4.69, 9.17) is 10.5 Å². The fourth-order valence-electron chi connectivity index (χ4n) is 1.55. The van der Waals surface area contributed by atoms with Gasteiger partial charge in [0.25, 0.3) is 0 Å². The Morgan fingerprint density at radius 2 is 2.06 bits per heavy atom. The van der Waals surface area contributed by atoms with Gasteiger partial charge in [0, 0.05) is 11.8 Å². The molecule has 0 unspecified atom stereocenters. The van der Waals surface area contributed by atoms with Crippen molar-refractivity contribution < 1.29 is 9.53 Å². The van der Waals surface area contributed by atoms with E-state index in [0.717, 1.165) is 17.9 Å². The summed E-state index contributed by atoms with van der Waals surface area (Å²) in [5, 5.41) is 0. The standard InChI is InChI=1S/C14H17NO2/c15-13-6-3-11(4-7-13)5-8-14(16)17-10-9-12-1-2-12/h3-8,12H,1-2,9-10,15H2/b8-5+. The number of carbonyl (C=O) groups is 1. The molecule has 3 heteroatoms. The van der Waals surface area contributed by atoms with Crippen molar-refractivity contribution in [3.8, 4) is 0 Å². The zero-order chi connectivity index (χ0) is 12.1. The Hall–Kier alpha value is -1.77. The molecule has 1 aliphatic rings. The fraction of sp³-hybridized carbons (Fsp3) is 0.357. The minimum absolute atomic E-state index is 0.275. The summed E-state index contributed by atoms with van der Waals surface area (Å²) in [6.07, 6.45) is 6.77. The van der Waals surface area contributed by atoms with Crippen molar-refractivity contribution in [1.82, 2.24) is 0 Å². The van der Waals surface area contributed by atoms with Gasteiger partial charge >= 0.3 is 5.97 Å². The molecular weight excluding hydrogens is 214 g/mol. The average molecular weight is 231 g/mol. The Labute approximate surface area is 101 Å². The molecule has 1 aromatic carbocycles. The van der Waals surface area contributed by atoms with Crippen LogP contribution in [0.4, 0.5) is 5.69 Å². The minimum atomic E-state index is -0.275. The number of hydrogen-bond acceptors (Lipinski definition) is 3. The number of benzene rings is 1. The highest BCUT2D eigenvalue weighted by atomic mass is 16.5. The van der Waals surface area contributed by atoms with Crippen molar-refractivity contribution in [2.24, 2.45) is 5.92 Å². The summed E-state index contributed by atoms with van der Waals surface area (Å²) in [7, 11) is 0. The minimum Gasteiger partial charge on any atom is -0.463 e. The molecule has 0 aliphatic heterocycles. The van der Waals surface area contributed by atoms with E-state index in [1.807, 2.05) is 12.1 Å². The number of esters is 1. The Kier molecular flexibility index (Phi) is 3.81. The van der Waals surface area contributed by atoms with Crippen LogP contribution >= 0.6 is 0 Å². The third-order valence-corrected chi connectivity index (χ3v) is 2.82. The van der Waals surface area contributed by atoms with Crippen molar-refractivity contribution in [3.05, 3.63) is 35.9 Å². The largest absolute Gasteiger partial charge is 0.463 e. The van der Waals surface area contributed by atoms with Gasteiger partial charge in [-0.1, -0.05) is 25.0 Å². The van der Waals surface area contributed by atoms with Crippen LogP contribution in [0.15, 0.2) is 30.3 Å². The quantitative estimate of drug-likeness (QED) is 0.481. The van der Waals surface area contributed by atoms with Crippen molar-refractivity contribution in [1.29, 1.82) is 0 Å². The molecule has 0 aromatic heterocycles. The molecule has 0 amide bonds.